The minimum absolute atomic E-state index is 0. The summed E-state index contributed by atoms with van der Waals surface area (Å²) in [6.07, 6.45) is 0.0179. The second-order valence-corrected chi connectivity index (χ2v) is 5.86. The number of thiazole rings is 1. The second kappa shape index (κ2) is 6.05. The van der Waals surface area contributed by atoms with Gasteiger partial charge in [-0.05, 0) is 31.0 Å². The van der Waals surface area contributed by atoms with Gasteiger partial charge in [0.2, 0.25) is 5.91 Å². The van der Waals surface area contributed by atoms with Crippen molar-refractivity contribution in [3.63, 3.8) is 0 Å². The van der Waals surface area contributed by atoms with Gasteiger partial charge in [-0.2, -0.15) is 0 Å². The summed E-state index contributed by atoms with van der Waals surface area (Å²) >= 11 is 1.47. The number of benzene rings is 1. The number of amides is 1. The number of fused-ring (bicyclic) bond motifs is 1. The molecule has 1 saturated heterocycles. The number of aromatic nitrogens is 1. The average molecular weight is 314 g/mol. The van der Waals surface area contributed by atoms with Crippen LogP contribution in [-0.4, -0.2) is 34.7 Å². The molecule has 7 heteroatoms. The summed E-state index contributed by atoms with van der Waals surface area (Å²) in [6.45, 7) is 2.50. The van der Waals surface area contributed by atoms with Crippen molar-refractivity contribution >= 4 is 45.0 Å². The molecule has 1 fully saturated rings. The molecule has 1 amide bonds. The van der Waals surface area contributed by atoms with E-state index in [0.29, 0.717) is 18.1 Å². The molecule has 2 heterocycles. The van der Waals surface area contributed by atoms with Gasteiger partial charge >= 0.3 is 0 Å². The number of hydrogen-bond donors (Lipinski definition) is 3. The Kier molecular flexibility index (Phi) is 4.59. The first-order chi connectivity index (χ1) is 9.11. The lowest BCUT2D eigenvalue weighted by atomic mass is 10.2. The van der Waals surface area contributed by atoms with Crippen molar-refractivity contribution < 1.29 is 9.90 Å². The smallest absolute Gasteiger partial charge is 0.243 e. The van der Waals surface area contributed by atoms with Crippen molar-refractivity contribution in [2.45, 2.75) is 25.5 Å². The van der Waals surface area contributed by atoms with Crippen molar-refractivity contribution in [1.82, 2.24) is 10.3 Å². The molecule has 3 N–H and O–H groups in total. The van der Waals surface area contributed by atoms with Crippen LogP contribution in [-0.2, 0) is 4.79 Å². The molecule has 0 saturated carbocycles. The molecular formula is C13H16ClN3O2S. The lowest BCUT2D eigenvalue weighted by molar-refractivity contribution is -0.117. The topological polar surface area (TPSA) is 74.2 Å². The van der Waals surface area contributed by atoms with Crippen LogP contribution in [0.2, 0.25) is 0 Å². The SMILES string of the molecule is Cc1ccc2nc(NC(=O)C3CC(O)CN3)sc2c1.Cl. The van der Waals surface area contributed by atoms with Gasteiger partial charge < -0.3 is 15.7 Å². The molecule has 108 valence electrons. The molecule has 5 nitrogen and oxygen atoms in total. The molecule has 1 aliphatic rings. The molecule has 0 spiro atoms. The van der Waals surface area contributed by atoms with Gasteiger partial charge in [0.15, 0.2) is 5.13 Å². The molecule has 1 aromatic carbocycles. The fourth-order valence-corrected chi connectivity index (χ4v) is 3.16. The summed E-state index contributed by atoms with van der Waals surface area (Å²) in [4.78, 5) is 16.4. The number of hydrogen-bond acceptors (Lipinski definition) is 5. The highest BCUT2D eigenvalue weighted by Gasteiger charge is 2.28. The molecule has 2 atom stereocenters. The Bertz CT molecular complexity index is 631. The second-order valence-electron chi connectivity index (χ2n) is 4.83. The fourth-order valence-electron chi connectivity index (χ4n) is 2.19. The first kappa shape index (κ1) is 15.2. The number of aliphatic hydroxyl groups excluding tert-OH is 1. The summed E-state index contributed by atoms with van der Waals surface area (Å²) in [5.74, 6) is -0.132. The number of carbonyl (C=O) groups excluding carboxylic acids is 1. The summed E-state index contributed by atoms with van der Waals surface area (Å²) in [7, 11) is 0. The Morgan fingerprint density at radius 3 is 3.05 bits per heavy atom. The van der Waals surface area contributed by atoms with E-state index < -0.39 is 6.10 Å². The summed E-state index contributed by atoms with van der Waals surface area (Å²) in [6, 6.07) is 5.68. The van der Waals surface area contributed by atoms with Gasteiger partial charge in [0, 0.05) is 6.54 Å². The Morgan fingerprint density at radius 1 is 1.55 bits per heavy atom. The van der Waals surface area contributed by atoms with Gasteiger partial charge in [-0.3, -0.25) is 4.79 Å². The zero-order valence-corrected chi connectivity index (χ0v) is 12.6. The van der Waals surface area contributed by atoms with Gasteiger partial charge in [-0.1, -0.05) is 17.4 Å². The zero-order valence-electron chi connectivity index (χ0n) is 10.9. The molecule has 20 heavy (non-hydrogen) atoms. The number of nitrogens with zero attached hydrogens (tertiary/aromatic N) is 1. The molecular weight excluding hydrogens is 298 g/mol. The van der Waals surface area contributed by atoms with Crippen LogP contribution in [0.1, 0.15) is 12.0 Å². The quantitative estimate of drug-likeness (QED) is 0.789. The van der Waals surface area contributed by atoms with Crippen LogP contribution in [0.15, 0.2) is 18.2 Å². The van der Waals surface area contributed by atoms with E-state index in [1.165, 1.54) is 16.9 Å². The number of aryl methyl sites for hydroxylation is 1. The Labute approximate surface area is 126 Å². The summed E-state index contributed by atoms with van der Waals surface area (Å²) in [5, 5.41) is 15.8. The van der Waals surface area contributed by atoms with Crippen LogP contribution in [0.3, 0.4) is 0 Å². The number of aliphatic hydroxyl groups is 1. The third kappa shape index (κ3) is 3.09. The lowest BCUT2D eigenvalue weighted by Gasteiger charge is -2.08. The number of nitrogens with one attached hydrogen (secondary N) is 2. The van der Waals surface area contributed by atoms with Crippen molar-refractivity contribution in [3.05, 3.63) is 23.8 Å². The number of anilines is 1. The molecule has 0 bridgehead atoms. The minimum atomic E-state index is -0.436. The van der Waals surface area contributed by atoms with Gasteiger partial charge in [0.1, 0.15) is 0 Å². The monoisotopic (exact) mass is 313 g/mol. The van der Waals surface area contributed by atoms with E-state index in [1.54, 1.807) is 0 Å². The highest BCUT2D eigenvalue weighted by molar-refractivity contribution is 7.22. The van der Waals surface area contributed by atoms with E-state index in [0.717, 1.165) is 10.2 Å². The average Bonchev–Trinajstić information content (AvgIpc) is 2.94. The molecule has 0 radical (unpaired) electrons. The maximum absolute atomic E-state index is 12.0. The fraction of sp³-hybridized carbons (Fsp3) is 0.385. The summed E-state index contributed by atoms with van der Waals surface area (Å²) in [5.41, 5.74) is 2.07. The normalized spacial score (nSPS) is 21.7. The molecule has 2 aromatic rings. The van der Waals surface area contributed by atoms with E-state index in [2.05, 4.69) is 21.7 Å². The zero-order chi connectivity index (χ0) is 13.4. The third-order valence-electron chi connectivity index (χ3n) is 3.20. The van der Waals surface area contributed by atoms with E-state index in [-0.39, 0.29) is 24.4 Å². The predicted octanol–water partition coefficient (Wildman–Crippen LogP) is 1.69. The molecule has 1 aliphatic heterocycles. The highest BCUT2D eigenvalue weighted by Crippen LogP contribution is 2.26. The third-order valence-corrected chi connectivity index (χ3v) is 4.13. The standard InChI is InChI=1S/C13H15N3O2S.ClH/c1-7-2-3-9-11(4-7)19-13(15-9)16-12(18)10-5-8(17)6-14-10;/h2-4,8,10,14,17H,5-6H2,1H3,(H,15,16,18);1H. The Morgan fingerprint density at radius 2 is 2.35 bits per heavy atom. The number of β-amino-alcohol motifs (C(OH)–C–C–N with tert-alkyl or cyclic N) is 1. The van der Waals surface area contributed by atoms with E-state index in [1.807, 2.05) is 19.1 Å². The Hall–Kier alpha value is -1.21. The summed E-state index contributed by atoms with van der Waals surface area (Å²) < 4.78 is 1.06. The molecule has 0 aliphatic carbocycles. The van der Waals surface area contributed by atoms with Crippen LogP contribution in [0.5, 0.6) is 0 Å². The van der Waals surface area contributed by atoms with Crippen LogP contribution < -0.4 is 10.6 Å². The van der Waals surface area contributed by atoms with Crippen molar-refractivity contribution in [3.8, 4) is 0 Å². The first-order valence-corrected chi connectivity index (χ1v) is 7.03. The van der Waals surface area contributed by atoms with Crippen LogP contribution in [0.25, 0.3) is 10.2 Å². The number of carbonyl (C=O) groups is 1. The predicted molar refractivity (Wildman–Crippen MR) is 82.6 cm³/mol. The van der Waals surface area contributed by atoms with Crippen LogP contribution in [0, 0.1) is 6.92 Å². The molecule has 1 aromatic heterocycles. The lowest BCUT2D eigenvalue weighted by Crippen LogP contribution is -2.35. The van der Waals surface area contributed by atoms with Gasteiger partial charge in [0.25, 0.3) is 0 Å². The van der Waals surface area contributed by atoms with Crippen molar-refractivity contribution in [2.75, 3.05) is 11.9 Å². The van der Waals surface area contributed by atoms with Gasteiger partial charge in [0.05, 0.1) is 22.4 Å². The van der Waals surface area contributed by atoms with Crippen molar-refractivity contribution in [2.24, 2.45) is 0 Å². The van der Waals surface area contributed by atoms with Crippen LogP contribution in [0.4, 0.5) is 5.13 Å². The van der Waals surface area contributed by atoms with Gasteiger partial charge in [-0.15, -0.1) is 12.4 Å². The first-order valence-electron chi connectivity index (χ1n) is 6.21. The largest absolute Gasteiger partial charge is 0.392 e. The number of rotatable bonds is 2. The van der Waals surface area contributed by atoms with E-state index >= 15 is 0 Å². The molecule has 2 unspecified atom stereocenters. The Balaban J connectivity index is 0.00000147. The maximum atomic E-state index is 12.0. The van der Waals surface area contributed by atoms with Crippen molar-refractivity contribution in [1.29, 1.82) is 0 Å². The highest BCUT2D eigenvalue weighted by atomic mass is 35.5. The molecule has 3 rings (SSSR count). The van der Waals surface area contributed by atoms with E-state index in [4.69, 9.17) is 0 Å². The van der Waals surface area contributed by atoms with E-state index in [9.17, 15) is 9.90 Å². The number of halogens is 1. The minimum Gasteiger partial charge on any atom is -0.392 e. The maximum Gasteiger partial charge on any atom is 0.243 e. The van der Waals surface area contributed by atoms with Crippen LogP contribution >= 0.6 is 23.7 Å². The van der Waals surface area contributed by atoms with Gasteiger partial charge in [-0.25, -0.2) is 4.98 Å².